The smallest absolute Gasteiger partial charge is 0.274 e. The normalized spacial score (nSPS) is 10.5. The van der Waals surface area contributed by atoms with E-state index in [1.54, 1.807) is 24.3 Å². The molecule has 122 valence electrons. The summed E-state index contributed by atoms with van der Waals surface area (Å²) < 4.78 is 0. The van der Waals surface area contributed by atoms with Crippen LogP contribution in [0.5, 0.6) is 0 Å². The average Bonchev–Trinajstić information content (AvgIpc) is 2.51. The van der Waals surface area contributed by atoms with Gasteiger partial charge in [-0.25, -0.2) is 9.97 Å². The molecule has 2 rings (SSSR count). The standard InChI is InChI=1S/C16H18Cl2N4O/c1-4-22(5-2)16-19-10(3)9-13(20-16)15(23)21-14-11(17)7-6-8-12(14)18/h6-9H,4-5H2,1-3H3,(H,21,23). The van der Waals surface area contributed by atoms with Gasteiger partial charge in [-0.2, -0.15) is 0 Å². The second-order valence-corrected chi connectivity index (χ2v) is 5.73. The fourth-order valence-electron chi connectivity index (χ4n) is 2.11. The summed E-state index contributed by atoms with van der Waals surface area (Å²) >= 11 is 12.2. The maximum atomic E-state index is 12.5. The molecule has 7 heteroatoms. The minimum atomic E-state index is -0.376. The van der Waals surface area contributed by atoms with Gasteiger partial charge in [0.1, 0.15) is 5.69 Å². The number of rotatable bonds is 5. The Hall–Kier alpha value is -1.85. The van der Waals surface area contributed by atoms with E-state index in [9.17, 15) is 4.79 Å². The molecule has 0 aliphatic heterocycles. The van der Waals surface area contributed by atoms with Gasteiger partial charge in [0.05, 0.1) is 15.7 Å². The topological polar surface area (TPSA) is 58.1 Å². The van der Waals surface area contributed by atoms with Gasteiger partial charge in [-0.3, -0.25) is 4.79 Å². The number of aromatic nitrogens is 2. The lowest BCUT2D eigenvalue weighted by atomic mass is 10.2. The molecule has 0 aliphatic carbocycles. The highest BCUT2D eigenvalue weighted by molar-refractivity contribution is 6.40. The number of carbonyl (C=O) groups is 1. The highest BCUT2D eigenvalue weighted by Gasteiger charge is 2.16. The van der Waals surface area contributed by atoms with Crippen molar-refractivity contribution in [1.82, 2.24) is 9.97 Å². The van der Waals surface area contributed by atoms with Crippen molar-refractivity contribution in [3.8, 4) is 0 Å². The zero-order valence-corrected chi connectivity index (χ0v) is 14.7. The van der Waals surface area contributed by atoms with E-state index < -0.39 is 0 Å². The molecule has 0 radical (unpaired) electrons. The molecule has 1 N–H and O–H groups in total. The van der Waals surface area contributed by atoms with Crippen molar-refractivity contribution >= 4 is 40.7 Å². The lowest BCUT2D eigenvalue weighted by Crippen LogP contribution is -2.26. The first-order valence-electron chi connectivity index (χ1n) is 7.32. The molecule has 23 heavy (non-hydrogen) atoms. The molecule has 0 unspecified atom stereocenters. The number of aryl methyl sites for hydroxylation is 1. The van der Waals surface area contributed by atoms with Crippen LogP contribution in [0.3, 0.4) is 0 Å². The number of anilines is 2. The van der Waals surface area contributed by atoms with Crippen LogP contribution < -0.4 is 10.2 Å². The number of nitrogens with one attached hydrogen (secondary N) is 1. The van der Waals surface area contributed by atoms with E-state index in [1.807, 2.05) is 25.7 Å². The maximum Gasteiger partial charge on any atom is 0.274 e. The number of hydrogen-bond acceptors (Lipinski definition) is 4. The van der Waals surface area contributed by atoms with Crippen molar-refractivity contribution in [2.45, 2.75) is 20.8 Å². The quantitative estimate of drug-likeness (QED) is 0.876. The monoisotopic (exact) mass is 352 g/mol. The van der Waals surface area contributed by atoms with Crippen LogP contribution in [0.15, 0.2) is 24.3 Å². The van der Waals surface area contributed by atoms with Crippen molar-refractivity contribution in [2.75, 3.05) is 23.3 Å². The van der Waals surface area contributed by atoms with E-state index in [-0.39, 0.29) is 11.6 Å². The summed E-state index contributed by atoms with van der Waals surface area (Å²) in [5, 5.41) is 3.46. The molecule has 1 heterocycles. The zero-order valence-electron chi connectivity index (χ0n) is 13.2. The van der Waals surface area contributed by atoms with Gasteiger partial charge in [0.2, 0.25) is 5.95 Å². The SMILES string of the molecule is CCN(CC)c1nc(C)cc(C(=O)Nc2c(Cl)cccc2Cl)n1. The van der Waals surface area contributed by atoms with E-state index in [0.717, 1.165) is 18.8 Å². The Balaban J connectivity index is 2.32. The number of carbonyl (C=O) groups excluding carboxylic acids is 1. The number of benzene rings is 1. The van der Waals surface area contributed by atoms with Gasteiger partial charge in [0.15, 0.2) is 0 Å². The van der Waals surface area contributed by atoms with Gasteiger partial charge >= 0.3 is 0 Å². The van der Waals surface area contributed by atoms with Gasteiger partial charge in [0, 0.05) is 18.8 Å². The summed E-state index contributed by atoms with van der Waals surface area (Å²) in [6.07, 6.45) is 0. The molecule has 0 saturated carbocycles. The van der Waals surface area contributed by atoms with E-state index >= 15 is 0 Å². The zero-order chi connectivity index (χ0) is 17.0. The van der Waals surface area contributed by atoms with Crippen molar-refractivity contribution in [3.63, 3.8) is 0 Å². The van der Waals surface area contributed by atoms with Gasteiger partial charge in [-0.1, -0.05) is 29.3 Å². The molecule has 0 atom stereocenters. The number of nitrogens with zero attached hydrogens (tertiary/aromatic N) is 3. The van der Waals surface area contributed by atoms with Crippen LogP contribution in [0.2, 0.25) is 10.0 Å². The fraction of sp³-hybridized carbons (Fsp3) is 0.312. The largest absolute Gasteiger partial charge is 0.341 e. The molecular weight excluding hydrogens is 335 g/mol. The first-order chi connectivity index (χ1) is 11.0. The highest BCUT2D eigenvalue weighted by Crippen LogP contribution is 2.30. The second kappa shape index (κ2) is 7.62. The van der Waals surface area contributed by atoms with Gasteiger partial charge in [-0.15, -0.1) is 0 Å². The predicted molar refractivity (Wildman–Crippen MR) is 94.7 cm³/mol. The van der Waals surface area contributed by atoms with Crippen LogP contribution in [-0.2, 0) is 0 Å². The predicted octanol–water partition coefficient (Wildman–Crippen LogP) is 4.19. The summed E-state index contributed by atoms with van der Waals surface area (Å²) in [6.45, 7) is 7.37. The van der Waals surface area contributed by atoms with Gasteiger partial charge < -0.3 is 10.2 Å². The lowest BCUT2D eigenvalue weighted by molar-refractivity contribution is 0.102. The summed E-state index contributed by atoms with van der Waals surface area (Å²) in [4.78, 5) is 23.2. The number of halogens is 2. The van der Waals surface area contributed by atoms with Crippen molar-refractivity contribution in [3.05, 3.63) is 45.7 Å². The molecule has 1 aromatic carbocycles. The first-order valence-corrected chi connectivity index (χ1v) is 8.07. The van der Waals surface area contributed by atoms with Crippen molar-refractivity contribution in [2.24, 2.45) is 0 Å². The maximum absolute atomic E-state index is 12.5. The second-order valence-electron chi connectivity index (χ2n) is 4.92. The van der Waals surface area contributed by atoms with Crippen LogP contribution in [0.1, 0.15) is 30.0 Å². The van der Waals surface area contributed by atoms with E-state index in [0.29, 0.717) is 21.7 Å². The van der Waals surface area contributed by atoms with Crippen LogP contribution in [0, 0.1) is 6.92 Å². The number of amides is 1. The molecule has 2 aromatic rings. The van der Waals surface area contributed by atoms with Crippen LogP contribution in [-0.4, -0.2) is 29.0 Å². The number of hydrogen-bond donors (Lipinski definition) is 1. The van der Waals surface area contributed by atoms with E-state index in [1.165, 1.54) is 0 Å². The molecule has 5 nitrogen and oxygen atoms in total. The lowest BCUT2D eigenvalue weighted by Gasteiger charge is -2.19. The molecule has 0 spiro atoms. The van der Waals surface area contributed by atoms with Crippen LogP contribution in [0.4, 0.5) is 11.6 Å². The van der Waals surface area contributed by atoms with Crippen LogP contribution >= 0.6 is 23.2 Å². The molecule has 0 saturated heterocycles. The Bertz CT molecular complexity index is 697. The van der Waals surface area contributed by atoms with Gasteiger partial charge in [0.25, 0.3) is 5.91 Å². The van der Waals surface area contributed by atoms with Crippen molar-refractivity contribution < 1.29 is 4.79 Å². The molecule has 1 aromatic heterocycles. The summed E-state index contributed by atoms with van der Waals surface area (Å²) in [5.74, 6) is 0.157. The minimum Gasteiger partial charge on any atom is -0.341 e. The Kier molecular flexibility index (Phi) is 5.80. The third kappa shape index (κ3) is 4.12. The number of para-hydroxylation sites is 1. The van der Waals surface area contributed by atoms with Crippen molar-refractivity contribution in [1.29, 1.82) is 0 Å². The highest BCUT2D eigenvalue weighted by atomic mass is 35.5. The Labute approximate surface area is 145 Å². The van der Waals surface area contributed by atoms with E-state index in [2.05, 4.69) is 15.3 Å². The molecule has 1 amide bonds. The Morgan fingerprint density at radius 3 is 2.35 bits per heavy atom. The summed E-state index contributed by atoms with van der Waals surface area (Å²) in [5.41, 5.74) is 1.37. The third-order valence-corrected chi connectivity index (χ3v) is 3.95. The Morgan fingerprint density at radius 2 is 1.78 bits per heavy atom. The first kappa shape index (κ1) is 17.5. The minimum absolute atomic E-state index is 0.274. The van der Waals surface area contributed by atoms with Gasteiger partial charge in [-0.05, 0) is 39.0 Å². The Morgan fingerprint density at radius 1 is 1.17 bits per heavy atom. The van der Waals surface area contributed by atoms with E-state index in [4.69, 9.17) is 23.2 Å². The molecule has 0 bridgehead atoms. The fourth-order valence-corrected chi connectivity index (χ4v) is 2.60. The summed E-state index contributed by atoms with van der Waals surface area (Å²) in [6, 6.07) is 6.67. The van der Waals surface area contributed by atoms with Crippen LogP contribution in [0.25, 0.3) is 0 Å². The summed E-state index contributed by atoms with van der Waals surface area (Å²) in [7, 11) is 0. The molecule has 0 aliphatic rings. The molecular formula is C16H18Cl2N4O. The molecule has 0 fully saturated rings. The average molecular weight is 353 g/mol. The third-order valence-electron chi connectivity index (χ3n) is 3.32.